The zero-order chi connectivity index (χ0) is 21.8. The van der Waals surface area contributed by atoms with Crippen LogP contribution in [0.3, 0.4) is 0 Å². The summed E-state index contributed by atoms with van der Waals surface area (Å²) in [5, 5.41) is 5.06. The van der Waals surface area contributed by atoms with Gasteiger partial charge in [0.15, 0.2) is 11.4 Å². The number of likely N-dealkylation sites (tertiary alicyclic amines) is 1. The summed E-state index contributed by atoms with van der Waals surface area (Å²) in [4.78, 5) is 18.8. The second kappa shape index (κ2) is 7.11. The van der Waals surface area contributed by atoms with Gasteiger partial charge in [-0.05, 0) is 31.0 Å². The minimum Gasteiger partial charge on any atom is -0.451 e. The van der Waals surface area contributed by atoms with Crippen LogP contribution in [0.25, 0.3) is 16.6 Å². The van der Waals surface area contributed by atoms with E-state index >= 15 is 0 Å². The maximum Gasteiger partial charge on any atom is 0.433 e. The molecule has 0 unspecified atom stereocenters. The van der Waals surface area contributed by atoms with Crippen molar-refractivity contribution < 1.29 is 22.4 Å². The SMILES string of the molecule is CCc1cc(C(F)(F)F)n2nc([C@@H]3CCN(C(=O)c4cc5ccccc5o4)C3)cc2n1. The number of carbonyl (C=O) groups is 1. The van der Waals surface area contributed by atoms with E-state index in [2.05, 4.69) is 10.1 Å². The first-order chi connectivity index (χ1) is 14.8. The van der Waals surface area contributed by atoms with Gasteiger partial charge in [-0.25, -0.2) is 9.50 Å². The van der Waals surface area contributed by atoms with Crippen LogP contribution in [0, 0.1) is 0 Å². The second-order valence-corrected chi connectivity index (χ2v) is 7.71. The van der Waals surface area contributed by atoms with E-state index in [1.807, 2.05) is 18.2 Å². The van der Waals surface area contributed by atoms with Crippen molar-refractivity contribution in [2.75, 3.05) is 13.1 Å². The molecule has 0 aliphatic carbocycles. The normalized spacial score (nSPS) is 17.2. The van der Waals surface area contributed by atoms with Gasteiger partial charge in [0.1, 0.15) is 11.3 Å². The second-order valence-electron chi connectivity index (χ2n) is 7.71. The molecule has 31 heavy (non-hydrogen) atoms. The molecule has 0 N–H and O–H groups in total. The Hall–Kier alpha value is -3.36. The number of rotatable bonds is 3. The quantitative estimate of drug-likeness (QED) is 0.475. The number of halogens is 3. The molecule has 0 radical (unpaired) electrons. The highest BCUT2D eigenvalue weighted by molar-refractivity contribution is 5.96. The Kier molecular flexibility index (Phi) is 4.49. The predicted molar refractivity (Wildman–Crippen MR) is 107 cm³/mol. The van der Waals surface area contributed by atoms with Crippen molar-refractivity contribution >= 4 is 22.5 Å². The lowest BCUT2D eigenvalue weighted by Gasteiger charge is -2.14. The minimum atomic E-state index is -4.53. The number of carbonyl (C=O) groups excluding carboxylic acids is 1. The number of amides is 1. The average molecular weight is 428 g/mol. The lowest BCUT2D eigenvalue weighted by molar-refractivity contribution is -0.142. The summed E-state index contributed by atoms with van der Waals surface area (Å²) in [6.45, 7) is 2.60. The predicted octanol–water partition coefficient (Wildman–Crippen LogP) is 4.69. The number of furan rings is 1. The topological polar surface area (TPSA) is 63.6 Å². The van der Waals surface area contributed by atoms with Gasteiger partial charge in [-0.3, -0.25) is 4.79 Å². The summed E-state index contributed by atoms with van der Waals surface area (Å²) in [5.41, 5.74) is 0.836. The molecular formula is C22H19F3N4O2. The van der Waals surface area contributed by atoms with Gasteiger partial charge in [0, 0.05) is 36.2 Å². The first-order valence-corrected chi connectivity index (χ1v) is 10.1. The fourth-order valence-corrected chi connectivity index (χ4v) is 4.06. The Bertz CT molecular complexity index is 1260. The molecule has 6 nitrogen and oxygen atoms in total. The number of fused-ring (bicyclic) bond motifs is 2. The molecule has 1 amide bonds. The molecular weight excluding hydrogens is 409 g/mol. The Labute approximate surface area is 175 Å². The molecule has 0 bridgehead atoms. The Balaban J connectivity index is 1.42. The third kappa shape index (κ3) is 3.43. The van der Waals surface area contributed by atoms with E-state index in [1.165, 1.54) is 0 Å². The summed E-state index contributed by atoms with van der Waals surface area (Å²) in [7, 11) is 0. The molecule has 4 heterocycles. The number of aryl methyl sites for hydroxylation is 1. The monoisotopic (exact) mass is 428 g/mol. The Morgan fingerprint density at radius 1 is 1.23 bits per heavy atom. The van der Waals surface area contributed by atoms with E-state index in [4.69, 9.17) is 4.42 Å². The van der Waals surface area contributed by atoms with Crippen LogP contribution in [0.1, 0.15) is 46.9 Å². The van der Waals surface area contributed by atoms with Crippen LogP contribution >= 0.6 is 0 Å². The zero-order valence-corrected chi connectivity index (χ0v) is 16.7. The van der Waals surface area contributed by atoms with Gasteiger partial charge in [-0.2, -0.15) is 18.3 Å². The largest absolute Gasteiger partial charge is 0.451 e. The van der Waals surface area contributed by atoms with Crippen LogP contribution in [0.15, 0.2) is 46.9 Å². The standard InChI is InChI=1S/C22H19F3N4O2/c1-2-15-10-19(22(23,24)25)29-20(26-15)11-16(27-29)14-7-8-28(12-14)21(30)18-9-13-5-3-4-6-17(13)31-18/h3-6,9-11,14H,2,7-8,12H2,1H3/t14-/m1/s1. The van der Waals surface area contributed by atoms with Crippen molar-refractivity contribution in [3.8, 4) is 0 Å². The molecule has 0 saturated carbocycles. The van der Waals surface area contributed by atoms with Gasteiger partial charge >= 0.3 is 6.18 Å². The molecule has 1 atom stereocenters. The highest BCUT2D eigenvalue weighted by atomic mass is 19.4. The number of alkyl halides is 3. The summed E-state index contributed by atoms with van der Waals surface area (Å²) >= 11 is 0. The van der Waals surface area contributed by atoms with Crippen LogP contribution in [-0.2, 0) is 12.6 Å². The maximum absolute atomic E-state index is 13.5. The fraction of sp³-hybridized carbons (Fsp3) is 0.318. The van der Waals surface area contributed by atoms with Crippen LogP contribution < -0.4 is 0 Å². The van der Waals surface area contributed by atoms with Crippen LogP contribution in [-0.4, -0.2) is 38.5 Å². The van der Waals surface area contributed by atoms with Gasteiger partial charge in [-0.15, -0.1) is 0 Å². The van der Waals surface area contributed by atoms with E-state index in [0.29, 0.717) is 42.9 Å². The number of nitrogens with zero attached hydrogens (tertiary/aromatic N) is 4. The number of benzene rings is 1. The van der Waals surface area contributed by atoms with Gasteiger partial charge in [-0.1, -0.05) is 25.1 Å². The van der Waals surface area contributed by atoms with Gasteiger partial charge in [0.05, 0.1) is 5.69 Å². The first-order valence-electron chi connectivity index (χ1n) is 10.1. The van der Waals surface area contributed by atoms with Gasteiger partial charge in [0.25, 0.3) is 5.91 Å². The van der Waals surface area contributed by atoms with Crippen molar-refractivity contribution in [1.82, 2.24) is 19.5 Å². The summed E-state index contributed by atoms with van der Waals surface area (Å²) < 4.78 is 47.1. The lowest BCUT2D eigenvalue weighted by atomic mass is 10.1. The van der Waals surface area contributed by atoms with E-state index in [0.717, 1.165) is 16.0 Å². The third-order valence-electron chi connectivity index (χ3n) is 5.68. The lowest BCUT2D eigenvalue weighted by Crippen LogP contribution is -2.28. The van der Waals surface area contributed by atoms with Crippen molar-refractivity contribution in [2.45, 2.75) is 31.9 Å². The molecule has 1 fully saturated rings. The summed E-state index contributed by atoms with van der Waals surface area (Å²) in [5.74, 6) is -0.142. The van der Waals surface area contributed by atoms with Crippen molar-refractivity contribution in [1.29, 1.82) is 0 Å². The van der Waals surface area contributed by atoms with E-state index < -0.39 is 11.9 Å². The Morgan fingerprint density at radius 2 is 2.03 bits per heavy atom. The number of hydrogen-bond acceptors (Lipinski definition) is 4. The number of hydrogen-bond donors (Lipinski definition) is 0. The van der Waals surface area contributed by atoms with Crippen molar-refractivity contribution in [2.24, 2.45) is 0 Å². The fourth-order valence-electron chi connectivity index (χ4n) is 4.06. The third-order valence-corrected chi connectivity index (χ3v) is 5.68. The molecule has 0 spiro atoms. The molecule has 3 aromatic heterocycles. The van der Waals surface area contributed by atoms with Gasteiger partial charge < -0.3 is 9.32 Å². The zero-order valence-electron chi connectivity index (χ0n) is 16.7. The summed E-state index contributed by atoms with van der Waals surface area (Å²) in [6.07, 6.45) is -3.53. The smallest absolute Gasteiger partial charge is 0.433 e. The molecule has 4 aromatic rings. The van der Waals surface area contributed by atoms with E-state index in [1.54, 1.807) is 30.0 Å². The molecule has 160 valence electrons. The summed E-state index contributed by atoms with van der Waals surface area (Å²) in [6, 6.07) is 11.7. The van der Waals surface area contributed by atoms with Crippen LogP contribution in [0.5, 0.6) is 0 Å². The van der Waals surface area contributed by atoms with Crippen LogP contribution in [0.2, 0.25) is 0 Å². The Morgan fingerprint density at radius 3 is 2.77 bits per heavy atom. The molecule has 9 heteroatoms. The van der Waals surface area contributed by atoms with E-state index in [9.17, 15) is 18.0 Å². The first kappa shape index (κ1) is 19.6. The van der Waals surface area contributed by atoms with Crippen LogP contribution in [0.4, 0.5) is 13.2 Å². The highest BCUT2D eigenvalue weighted by Crippen LogP contribution is 2.33. The van der Waals surface area contributed by atoms with E-state index in [-0.39, 0.29) is 23.2 Å². The number of aromatic nitrogens is 3. The maximum atomic E-state index is 13.5. The number of para-hydroxylation sites is 1. The minimum absolute atomic E-state index is 0.166. The van der Waals surface area contributed by atoms with Crippen molar-refractivity contribution in [3.63, 3.8) is 0 Å². The highest BCUT2D eigenvalue weighted by Gasteiger charge is 2.36. The molecule has 1 saturated heterocycles. The molecule has 1 aliphatic rings. The van der Waals surface area contributed by atoms with Gasteiger partial charge in [0.2, 0.25) is 0 Å². The average Bonchev–Trinajstić information content (AvgIpc) is 3.48. The molecule has 5 rings (SSSR count). The van der Waals surface area contributed by atoms with Crippen molar-refractivity contribution in [3.05, 3.63) is 65.3 Å². The molecule has 1 aliphatic heterocycles. The molecule has 1 aromatic carbocycles.